The zero-order valence-electron chi connectivity index (χ0n) is 31.5. The Labute approximate surface area is 333 Å². The molecule has 11 rings (SSSR count). The summed E-state index contributed by atoms with van der Waals surface area (Å²) < 4.78 is 44.0. The summed E-state index contributed by atoms with van der Waals surface area (Å²) in [5.74, 6) is -3.92. The van der Waals surface area contributed by atoms with E-state index in [9.17, 15) is 13.2 Å². The van der Waals surface area contributed by atoms with Crippen LogP contribution in [0.3, 0.4) is 0 Å². The van der Waals surface area contributed by atoms with Crippen LogP contribution in [0.4, 0.5) is 13.2 Å². The average molecular weight is 751 g/mol. The van der Waals surface area contributed by atoms with Crippen LogP contribution in [0.15, 0.2) is 182 Å². The van der Waals surface area contributed by atoms with Crippen LogP contribution in [-0.2, 0) is 0 Å². The molecule has 0 N–H and O–H groups in total. The van der Waals surface area contributed by atoms with Gasteiger partial charge in [0.05, 0.1) is 0 Å². The summed E-state index contributed by atoms with van der Waals surface area (Å²) in [4.78, 5) is 0. The van der Waals surface area contributed by atoms with Gasteiger partial charge in [-0.05, 0) is 152 Å². The van der Waals surface area contributed by atoms with E-state index in [2.05, 4.69) is 165 Å². The van der Waals surface area contributed by atoms with Gasteiger partial charge in [0.25, 0.3) is 0 Å². The van der Waals surface area contributed by atoms with Crippen molar-refractivity contribution in [3.63, 3.8) is 0 Å². The molecule has 11 aromatic carbocycles. The molecular weight excluding hydrogens is 718 g/mol. The molecule has 0 aliphatic heterocycles. The highest BCUT2D eigenvalue weighted by Crippen LogP contribution is 2.50. The van der Waals surface area contributed by atoms with Gasteiger partial charge in [-0.3, -0.25) is 0 Å². The van der Waals surface area contributed by atoms with E-state index in [4.69, 9.17) is 0 Å². The molecule has 0 radical (unpaired) electrons. The summed E-state index contributed by atoms with van der Waals surface area (Å²) in [7, 11) is 0. The molecule has 274 valence electrons. The Morgan fingerprint density at radius 1 is 0.293 bits per heavy atom. The third-order valence-corrected chi connectivity index (χ3v) is 11.9. The Bertz CT molecular complexity index is 3470. The van der Waals surface area contributed by atoms with Gasteiger partial charge in [-0.25, -0.2) is 13.2 Å². The Balaban J connectivity index is 1.36. The first-order chi connectivity index (χ1) is 28.4. The third-order valence-electron chi connectivity index (χ3n) is 11.9. The van der Waals surface area contributed by atoms with E-state index in [1.165, 1.54) is 10.9 Å². The van der Waals surface area contributed by atoms with Gasteiger partial charge in [-0.15, -0.1) is 0 Å². The quantitative estimate of drug-likeness (QED) is 0.0955. The lowest BCUT2D eigenvalue weighted by atomic mass is 9.81. The van der Waals surface area contributed by atoms with E-state index in [1.54, 1.807) is 0 Å². The van der Waals surface area contributed by atoms with E-state index in [0.29, 0.717) is 5.56 Å². The summed E-state index contributed by atoms with van der Waals surface area (Å²) in [5, 5.41) is 13.1. The summed E-state index contributed by atoms with van der Waals surface area (Å²) in [6.07, 6.45) is 0. The Hall–Kier alpha value is -7.23. The largest absolute Gasteiger partial charge is 0.204 e. The SMILES string of the molecule is Cc1ccc(-c2ccc3c(-c4cc5ccccc5c5ccccc45)c4cc(-c5cc(F)c(F)c(F)c5)ccc4c(-c4cc5ccccc5c5ccccc45)c3c2)cc1. The predicted molar refractivity (Wildman–Crippen MR) is 238 cm³/mol. The number of hydrogen-bond donors (Lipinski definition) is 0. The van der Waals surface area contributed by atoms with Gasteiger partial charge in [-0.2, -0.15) is 0 Å². The van der Waals surface area contributed by atoms with Crippen LogP contribution in [-0.4, -0.2) is 0 Å². The molecule has 3 heteroatoms. The molecule has 0 fully saturated rings. The molecule has 0 spiro atoms. The maximum absolute atomic E-state index is 14.9. The maximum Gasteiger partial charge on any atom is 0.194 e. The molecule has 0 saturated carbocycles. The van der Waals surface area contributed by atoms with Crippen molar-refractivity contribution in [2.24, 2.45) is 0 Å². The zero-order valence-corrected chi connectivity index (χ0v) is 31.5. The van der Waals surface area contributed by atoms with E-state index in [1.807, 2.05) is 12.1 Å². The van der Waals surface area contributed by atoms with Gasteiger partial charge < -0.3 is 0 Å². The van der Waals surface area contributed by atoms with E-state index < -0.39 is 17.5 Å². The first-order valence-corrected chi connectivity index (χ1v) is 19.5. The van der Waals surface area contributed by atoms with E-state index in [0.717, 1.165) is 105 Å². The normalized spacial score (nSPS) is 11.8. The number of halogens is 3. The lowest BCUT2D eigenvalue weighted by Gasteiger charge is -2.22. The van der Waals surface area contributed by atoms with Crippen molar-refractivity contribution in [2.75, 3.05) is 0 Å². The van der Waals surface area contributed by atoms with Crippen molar-refractivity contribution in [2.45, 2.75) is 6.92 Å². The first kappa shape index (κ1) is 34.1. The Morgan fingerprint density at radius 3 is 1.17 bits per heavy atom. The molecule has 0 saturated heterocycles. The minimum Gasteiger partial charge on any atom is -0.204 e. The topological polar surface area (TPSA) is 0 Å². The highest BCUT2D eigenvalue weighted by Gasteiger charge is 2.23. The summed E-state index contributed by atoms with van der Waals surface area (Å²) in [6, 6.07) is 62.1. The van der Waals surface area contributed by atoms with Gasteiger partial charge in [0, 0.05) is 0 Å². The molecule has 0 bridgehead atoms. The van der Waals surface area contributed by atoms with Crippen LogP contribution in [0.1, 0.15) is 5.56 Å². The van der Waals surface area contributed by atoms with Gasteiger partial charge in [0.1, 0.15) is 0 Å². The van der Waals surface area contributed by atoms with Crippen molar-refractivity contribution in [3.8, 4) is 44.5 Å². The van der Waals surface area contributed by atoms with Crippen LogP contribution < -0.4 is 0 Å². The lowest BCUT2D eigenvalue weighted by Crippen LogP contribution is -1.95. The zero-order chi connectivity index (χ0) is 39.1. The Morgan fingerprint density at radius 2 is 0.690 bits per heavy atom. The van der Waals surface area contributed by atoms with Crippen molar-refractivity contribution >= 4 is 64.6 Å². The molecule has 58 heavy (non-hydrogen) atoms. The maximum atomic E-state index is 14.9. The molecule has 0 atom stereocenters. The van der Waals surface area contributed by atoms with Gasteiger partial charge >= 0.3 is 0 Å². The fraction of sp³-hybridized carbons (Fsp3) is 0.0182. The van der Waals surface area contributed by atoms with Gasteiger partial charge in [0.15, 0.2) is 17.5 Å². The molecule has 0 unspecified atom stereocenters. The highest BCUT2D eigenvalue weighted by molar-refractivity contribution is 6.29. The number of fused-ring (bicyclic) bond motifs is 8. The number of benzene rings is 11. The highest BCUT2D eigenvalue weighted by atomic mass is 19.2. The standard InChI is InChI=1S/C55H33F3/c1-32-18-20-33(21-19-32)34-22-24-45-49(26-34)53(47-28-36-10-2-4-12-39(36)41-14-6-8-16-43(41)47)46-25-23-35(38-30-51(56)55(58)52(57)31-38)27-50(46)54(45)48-29-37-11-3-5-13-40(37)42-15-7-9-17-44(42)48/h2-31H,1H3. The molecule has 11 aromatic rings. The van der Waals surface area contributed by atoms with E-state index in [-0.39, 0.29) is 5.56 Å². The summed E-state index contributed by atoms with van der Waals surface area (Å²) in [5.41, 5.74) is 8.49. The molecule has 0 heterocycles. The molecular formula is C55H33F3. The van der Waals surface area contributed by atoms with Crippen LogP contribution in [0.2, 0.25) is 0 Å². The minimum atomic E-state index is -1.48. The van der Waals surface area contributed by atoms with Crippen LogP contribution in [0, 0.1) is 24.4 Å². The molecule has 0 aliphatic rings. The smallest absolute Gasteiger partial charge is 0.194 e. The van der Waals surface area contributed by atoms with Gasteiger partial charge in [0.2, 0.25) is 0 Å². The molecule has 0 amide bonds. The molecule has 0 nitrogen and oxygen atoms in total. The fourth-order valence-electron chi connectivity index (χ4n) is 9.16. The van der Waals surface area contributed by atoms with Crippen molar-refractivity contribution in [1.29, 1.82) is 0 Å². The van der Waals surface area contributed by atoms with E-state index >= 15 is 0 Å². The average Bonchev–Trinajstić information content (AvgIpc) is 3.26. The van der Waals surface area contributed by atoms with Crippen molar-refractivity contribution < 1.29 is 13.2 Å². The lowest BCUT2D eigenvalue weighted by molar-refractivity contribution is 0.448. The van der Waals surface area contributed by atoms with Crippen LogP contribution in [0.5, 0.6) is 0 Å². The summed E-state index contributed by atoms with van der Waals surface area (Å²) in [6.45, 7) is 2.10. The minimum absolute atomic E-state index is 0.264. The summed E-state index contributed by atoms with van der Waals surface area (Å²) >= 11 is 0. The monoisotopic (exact) mass is 750 g/mol. The number of rotatable bonds is 4. The number of hydrogen-bond acceptors (Lipinski definition) is 0. The van der Waals surface area contributed by atoms with Gasteiger partial charge in [-0.1, -0.05) is 151 Å². The Kier molecular flexibility index (Phi) is 7.74. The second-order valence-electron chi connectivity index (χ2n) is 15.3. The second kappa shape index (κ2) is 13.2. The predicted octanol–water partition coefficient (Wildman–Crippen LogP) is 16.0. The number of aryl methyl sites for hydroxylation is 1. The van der Waals surface area contributed by atoms with Crippen LogP contribution in [0.25, 0.3) is 109 Å². The van der Waals surface area contributed by atoms with Crippen molar-refractivity contribution in [3.05, 3.63) is 205 Å². The van der Waals surface area contributed by atoms with Crippen molar-refractivity contribution in [1.82, 2.24) is 0 Å². The molecule has 0 aromatic heterocycles. The first-order valence-electron chi connectivity index (χ1n) is 19.5. The molecule has 0 aliphatic carbocycles. The van der Waals surface area contributed by atoms with Crippen LogP contribution >= 0.6 is 0 Å². The third kappa shape index (κ3) is 5.31. The fourth-order valence-corrected chi connectivity index (χ4v) is 9.16. The second-order valence-corrected chi connectivity index (χ2v) is 15.3.